The highest BCUT2D eigenvalue weighted by atomic mass is 32.2. The van der Waals surface area contributed by atoms with Crippen molar-refractivity contribution in [1.82, 2.24) is 14.5 Å². The molecule has 120 valence electrons. The van der Waals surface area contributed by atoms with E-state index in [0.717, 1.165) is 22.4 Å². The molecule has 2 aromatic rings. The van der Waals surface area contributed by atoms with Crippen LogP contribution in [0.4, 0.5) is 0 Å². The summed E-state index contributed by atoms with van der Waals surface area (Å²) in [5, 5.41) is 4.28. The SMILES string of the molecule is Cc1c(-c2ccc([C@H](C)N[S+]([O-])C(C)(C)C)cc2)cnn1C. The Bertz CT molecular complexity index is 628. The van der Waals surface area contributed by atoms with E-state index in [1.165, 1.54) is 0 Å². The number of nitrogens with one attached hydrogen (secondary N) is 1. The molecule has 0 saturated heterocycles. The van der Waals surface area contributed by atoms with Crippen LogP contribution in [-0.4, -0.2) is 19.1 Å². The second kappa shape index (κ2) is 6.44. The van der Waals surface area contributed by atoms with Gasteiger partial charge in [0.1, 0.15) is 4.75 Å². The van der Waals surface area contributed by atoms with Crippen molar-refractivity contribution in [3.05, 3.63) is 41.7 Å². The van der Waals surface area contributed by atoms with Gasteiger partial charge in [0.05, 0.1) is 12.2 Å². The van der Waals surface area contributed by atoms with E-state index in [2.05, 4.69) is 41.0 Å². The van der Waals surface area contributed by atoms with Crippen molar-refractivity contribution in [2.75, 3.05) is 0 Å². The number of benzene rings is 1. The first-order chi connectivity index (χ1) is 10.2. The number of aromatic nitrogens is 2. The monoisotopic (exact) mass is 319 g/mol. The number of aryl methyl sites for hydroxylation is 1. The molecule has 0 bridgehead atoms. The van der Waals surface area contributed by atoms with E-state index < -0.39 is 11.4 Å². The lowest BCUT2D eigenvalue weighted by atomic mass is 10.0. The van der Waals surface area contributed by atoms with Crippen LogP contribution >= 0.6 is 0 Å². The Kier molecular flexibility index (Phi) is 5.00. The molecule has 1 aromatic heterocycles. The molecule has 0 aliphatic rings. The van der Waals surface area contributed by atoms with Gasteiger partial charge in [-0.3, -0.25) is 4.68 Å². The minimum Gasteiger partial charge on any atom is -0.598 e. The van der Waals surface area contributed by atoms with Gasteiger partial charge < -0.3 is 4.55 Å². The van der Waals surface area contributed by atoms with Crippen LogP contribution in [0.2, 0.25) is 0 Å². The summed E-state index contributed by atoms with van der Waals surface area (Å²) in [6, 6.07) is 8.40. The third-order valence-electron chi connectivity index (χ3n) is 3.80. The molecule has 0 spiro atoms. The highest BCUT2D eigenvalue weighted by Crippen LogP contribution is 2.25. The smallest absolute Gasteiger partial charge is 0.136 e. The van der Waals surface area contributed by atoms with E-state index in [1.54, 1.807) is 0 Å². The highest BCUT2D eigenvalue weighted by Gasteiger charge is 2.28. The molecule has 0 saturated carbocycles. The second-order valence-corrected chi connectivity index (χ2v) is 8.61. The maximum Gasteiger partial charge on any atom is 0.136 e. The zero-order valence-electron chi connectivity index (χ0n) is 14.2. The van der Waals surface area contributed by atoms with Crippen molar-refractivity contribution in [3.8, 4) is 11.1 Å². The molecule has 1 heterocycles. The highest BCUT2D eigenvalue weighted by molar-refractivity contribution is 7.90. The largest absolute Gasteiger partial charge is 0.598 e. The van der Waals surface area contributed by atoms with Crippen molar-refractivity contribution in [2.45, 2.75) is 45.4 Å². The molecule has 1 N–H and O–H groups in total. The lowest BCUT2D eigenvalue weighted by Crippen LogP contribution is -2.40. The molecule has 1 aromatic carbocycles. The predicted molar refractivity (Wildman–Crippen MR) is 92.8 cm³/mol. The quantitative estimate of drug-likeness (QED) is 0.877. The third kappa shape index (κ3) is 3.72. The van der Waals surface area contributed by atoms with Crippen LogP contribution in [0, 0.1) is 6.92 Å². The Hall–Kier alpha value is -1.30. The Balaban J connectivity index is 2.13. The molecule has 1 unspecified atom stereocenters. The maximum atomic E-state index is 12.2. The first kappa shape index (κ1) is 17.1. The summed E-state index contributed by atoms with van der Waals surface area (Å²) < 4.78 is 17.0. The molecule has 0 radical (unpaired) electrons. The van der Waals surface area contributed by atoms with Gasteiger partial charge >= 0.3 is 0 Å². The minimum atomic E-state index is -1.07. The van der Waals surface area contributed by atoms with Gasteiger partial charge in [-0.25, -0.2) is 0 Å². The minimum absolute atomic E-state index is 0.0455. The summed E-state index contributed by atoms with van der Waals surface area (Å²) in [7, 11) is 1.95. The van der Waals surface area contributed by atoms with Crippen LogP contribution in [0.15, 0.2) is 30.5 Å². The molecule has 0 fully saturated rings. The standard InChI is InChI=1S/C17H25N3OS/c1-12(19-22(21)17(3,4)5)14-7-9-15(10-8-14)16-11-18-20(6)13(16)2/h7-12,19H,1-6H3/t12-,22?/m0/s1. The van der Waals surface area contributed by atoms with Crippen LogP contribution in [0.1, 0.15) is 45.0 Å². The van der Waals surface area contributed by atoms with E-state index in [0.29, 0.717) is 0 Å². The van der Waals surface area contributed by atoms with Crippen LogP contribution in [0.25, 0.3) is 11.1 Å². The number of nitrogens with zero attached hydrogens (tertiary/aromatic N) is 2. The average molecular weight is 319 g/mol. The first-order valence-corrected chi connectivity index (χ1v) is 8.62. The lowest BCUT2D eigenvalue weighted by molar-refractivity contribution is 0.531. The van der Waals surface area contributed by atoms with Crippen molar-refractivity contribution in [3.63, 3.8) is 0 Å². The molecule has 5 heteroatoms. The summed E-state index contributed by atoms with van der Waals surface area (Å²) in [6.45, 7) is 10.0. The number of hydrogen-bond acceptors (Lipinski definition) is 3. The van der Waals surface area contributed by atoms with Crippen molar-refractivity contribution >= 4 is 11.4 Å². The van der Waals surface area contributed by atoms with Crippen molar-refractivity contribution in [1.29, 1.82) is 0 Å². The molecule has 4 nitrogen and oxygen atoms in total. The number of rotatable bonds is 4. The zero-order valence-corrected chi connectivity index (χ0v) is 15.0. The Labute approximate surface area is 136 Å². The van der Waals surface area contributed by atoms with E-state index in [9.17, 15) is 4.55 Å². The topological polar surface area (TPSA) is 52.9 Å². The Morgan fingerprint density at radius 2 is 1.82 bits per heavy atom. The Morgan fingerprint density at radius 3 is 2.27 bits per heavy atom. The van der Waals surface area contributed by atoms with Crippen molar-refractivity contribution in [2.24, 2.45) is 7.05 Å². The van der Waals surface area contributed by atoms with Crippen molar-refractivity contribution < 1.29 is 4.55 Å². The fraction of sp³-hybridized carbons (Fsp3) is 0.471. The van der Waals surface area contributed by atoms with Gasteiger partial charge in [-0.2, -0.15) is 5.10 Å². The predicted octanol–water partition coefficient (Wildman–Crippen LogP) is 3.51. The third-order valence-corrected chi connectivity index (χ3v) is 5.48. The summed E-state index contributed by atoms with van der Waals surface area (Å²) in [5.74, 6) is 0. The second-order valence-electron chi connectivity index (χ2n) is 6.61. The van der Waals surface area contributed by atoms with Gasteiger partial charge in [0.2, 0.25) is 0 Å². The molecule has 22 heavy (non-hydrogen) atoms. The maximum absolute atomic E-state index is 12.2. The molecular formula is C17H25N3OS. The normalized spacial score (nSPS) is 14.9. The lowest BCUT2D eigenvalue weighted by Gasteiger charge is -2.26. The van der Waals surface area contributed by atoms with Gasteiger partial charge in [-0.1, -0.05) is 24.3 Å². The summed E-state index contributed by atoms with van der Waals surface area (Å²) >= 11 is -1.07. The van der Waals surface area contributed by atoms with E-state index >= 15 is 0 Å². The van der Waals surface area contributed by atoms with Crippen LogP contribution < -0.4 is 4.72 Å². The van der Waals surface area contributed by atoms with E-state index in [4.69, 9.17) is 0 Å². The molecule has 0 aliphatic carbocycles. The fourth-order valence-electron chi connectivity index (χ4n) is 2.14. The summed E-state index contributed by atoms with van der Waals surface area (Å²) in [5.41, 5.74) is 4.57. The van der Waals surface area contributed by atoms with Crippen LogP contribution in [-0.2, 0) is 18.4 Å². The fourth-order valence-corrected chi connectivity index (χ4v) is 2.95. The zero-order chi connectivity index (χ0) is 16.5. The average Bonchev–Trinajstić information content (AvgIpc) is 2.78. The number of hydrogen-bond donors (Lipinski definition) is 1. The van der Waals surface area contributed by atoms with Gasteiger partial charge in [0, 0.05) is 29.7 Å². The summed E-state index contributed by atoms with van der Waals surface area (Å²) in [6.07, 6.45) is 1.89. The van der Waals surface area contributed by atoms with Gasteiger partial charge in [-0.15, -0.1) is 4.72 Å². The van der Waals surface area contributed by atoms with Gasteiger partial charge in [0.25, 0.3) is 0 Å². The molecule has 2 rings (SSSR count). The van der Waals surface area contributed by atoms with Crippen LogP contribution in [0.5, 0.6) is 0 Å². The molecule has 2 atom stereocenters. The van der Waals surface area contributed by atoms with E-state index in [1.807, 2.05) is 45.6 Å². The first-order valence-electron chi connectivity index (χ1n) is 7.47. The molecule has 0 aliphatic heterocycles. The summed E-state index contributed by atoms with van der Waals surface area (Å²) in [4.78, 5) is 0. The van der Waals surface area contributed by atoms with Gasteiger partial charge in [0.15, 0.2) is 0 Å². The van der Waals surface area contributed by atoms with E-state index in [-0.39, 0.29) is 10.8 Å². The molecular weight excluding hydrogens is 294 g/mol. The Morgan fingerprint density at radius 1 is 1.23 bits per heavy atom. The molecule has 0 amide bonds. The van der Waals surface area contributed by atoms with Gasteiger partial charge in [-0.05, 0) is 45.7 Å². The van der Waals surface area contributed by atoms with Crippen LogP contribution in [0.3, 0.4) is 0 Å².